The monoisotopic (exact) mass is 285 g/mol. The molecule has 1 aromatic heterocycles. The van der Waals surface area contributed by atoms with Crippen molar-refractivity contribution in [2.75, 3.05) is 6.61 Å². The van der Waals surface area contributed by atoms with Gasteiger partial charge in [0.2, 0.25) is 5.78 Å². The van der Waals surface area contributed by atoms with Crippen molar-refractivity contribution in [3.63, 3.8) is 0 Å². The lowest BCUT2D eigenvalue weighted by Crippen LogP contribution is -2.27. The molecule has 5 heteroatoms. The lowest BCUT2D eigenvalue weighted by atomic mass is 10.1. The third kappa shape index (κ3) is 2.48. The van der Waals surface area contributed by atoms with Crippen LogP contribution in [0.25, 0.3) is 0 Å². The highest BCUT2D eigenvalue weighted by molar-refractivity contribution is 9.10. The minimum Gasteiger partial charge on any atom is -0.347 e. The number of aromatic nitrogens is 1. The molecular weight excluding hydrogens is 274 g/mol. The molecule has 0 spiro atoms. The Morgan fingerprint density at radius 3 is 2.88 bits per heavy atom. The van der Waals surface area contributed by atoms with E-state index in [0.29, 0.717) is 10.3 Å². The molecule has 2 rings (SSSR count). The molecule has 0 N–H and O–H groups in total. The number of ether oxygens (including phenoxy) is 2. The minimum atomic E-state index is -0.688. The zero-order valence-corrected chi connectivity index (χ0v) is 10.7. The number of carbonyl (C=O) groups is 1. The van der Waals surface area contributed by atoms with E-state index in [-0.39, 0.29) is 12.4 Å². The fourth-order valence-corrected chi connectivity index (χ4v) is 1.87. The van der Waals surface area contributed by atoms with Crippen molar-refractivity contribution >= 4 is 21.7 Å². The van der Waals surface area contributed by atoms with Crippen molar-refractivity contribution in [1.29, 1.82) is 0 Å². The SMILES string of the molecule is CC1(C)OCC(C(=O)c2cccc(Br)n2)O1. The van der Waals surface area contributed by atoms with Crippen molar-refractivity contribution in [2.45, 2.75) is 25.7 Å². The van der Waals surface area contributed by atoms with Gasteiger partial charge < -0.3 is 9.47 Å². The highest BCUT2D eigenvalue weighted by Crippen LogP contribution is 2.24. The molecule has 0 amide bonds. The molecule has 16 heavy (non-hydrogen) atoms. The second kappa shape index (κ2) is 4.24. The second-order valence-corrected chi connectivity index (χ2v) is 4.84. The maximum Gasteiger partial charge on any atom is 0.212 e. The first-order chi connectivity index (χ1) is 7.48. The number of Topliss-reactive ketones (excluding diaryl/α,β-unsaturated/α-hetero) is 1. The summed E-state index contributed by atoms with van der Waals surface area (Å²) in [5.74, 6) is -0.835. The minimum absolute atomic E-state index is 0.146. The molecular formula is C11H12BrNO3. The van der Waals surface area contributed by atoms with E-state index < -0.39 is 11.9 Å². The molecule has 1 saturated heterocycles. The van der Waals surface area contributed by atoms with E-state index in [1.807, 2.05) is 0 Å². The number of hydrogen-bond donors (Lipinski definition) is 0. The molecule has 1 fully saturated rings. The molecule has 1 aliphatic heterocycles. The van der Waals surface area contributed by atoms with Gasteiger partial charge in [-0.1, -0.05) is 6.07 Å². The Morgan fingerprint density at radius 1 is 1.56 bits per heavy atom. The van der Waals surface area contributed by atoms with Crippen LogP contribution in [-0.4, -0.2) is 29.3 Å². The van der Waals surface area contributed by atoms with Gasteiger partial charge >= 0.3 is 0 Å². The molecule has 1 aliphatic rings. The van der Waals surface area contributed by atoms with Crippen molar-refractivity contribution < 1.29 is 14.3 Å². The van der Waals surface area contributed by atoms with Gasteiger partial charge in [0.05, 0.1) is 6.61 Å². The summed E-state index contributed by atoms with van der Waals surface area (Å²) in [6.45, 7) is 3.85. The highest BCUT2D eigenvalue weighted by Gasteiger charge is 2.37. The van der Waals surface area contributed by atoms with Crippen LogP contribution in [0.4, 0.5) is 0 Å². The van der Waals surface area contributed by atoms with Gasteiger partial charge in [0.15, 0.2) is 5.79 Å². The first-order valence-electron chi connectivity index (χ1n) is 4.96. The number of nitrogens with zero attached hydrogens (tertiary/aromatic N) is 1. The van der Waals surface area contributed by atoms with Gasteiger partial charge in [0.1, 0.15) is 16.4 Å². The number of pyridine rings is 1. The zero-order valence-electron chi connectivity index (χ0n) is 9.07. The summed E-state index contributed by atoms with van der Waals surface area (Å²) in [5.41, 5.74) is 0.390. The van der Waals surface area contributed by atoms with E-state index in [4.69, 9.17) is 9.47 Å². The molecule has 0 aromatic carbocycles. The number of carbonyl (C=O) groups excluding carboxylic acids is 1. The van der Waals surface area contributed by atoms with Crippen molar-refractivity contribution in [2.24, 2.45) is 0 Å². The summed E-state index contributed by atoms with van der Waals surface area (Å²) < 4.78 is 11.5. The molecule has 1 atom stereocenters. The van der Waals surface area contributed by atoms with E-state index in [1.54, 1.807) is 32.0 Å². The van der Waals surface area contributed by atoms with Crippen molar-refractivity contribution in [1.82, 2.24) is 4.98 Å². The topological polar surface area (TPSA) is 48.4 Å². The van der Waals surface area contributed by atoms with Crippen LogP contribution < -0.4 is 0 Å². The Kier molecular flexibility index (Phi) is 3.10. The van der Waals surface area contributed by atoms with Gasteiger partial charge in [-0.25, -0.2) is 4.98 Å². The zero-order chi connectivity index (χ0) is 11.8. The van der Waals surface area contributed by atoms with Crippen molar-refractivity contribution in [3.05, 3.63) is 28.5 Å². The van der Waals surface area contributed by atoms with Crippen LogP contribution in [0.15, 0.2) is 22.8 Å². The average molecular weight is 286 g/mol. The predicted molar refractivity (Wildman–Crippen MR) is 61.2 cm³/mol. The summed E-state index contributed by atoms with van der Waals surface area (Å²) in [4.78, 5) is 16.1. The van der Waals surface area contributed by atoms with E-state index in [9.17, 15) is 4.79 Å². The number of rotatable bonds is 2. The number of ketones is 1. The Bertz CT molecular complexity index is 419. The molecule has 1 aromatic rings. The maximum absolute atomic E-state index is 12.0. The van der Waals surface area contributed by atoms with Gasteiger partial charge in [0.25, 0.3) is 0 Å². The van der Waals surface area contributed by atoms with Crippen LogP contribution in [0.3, 0.4) is 0 Å². The van der Waals surface area contributed by atoms with Crippen LogP contribution in [0.2, 0.25) is 0 Å². The Hall–Kier alpha value is -0.780. The summed E-state index contributed by atoms with van der Waals surface area (Å²) in [6, 6.07) is 5.21. The molecule has 86 valence electrons. The molecule has 0 bridgehead atoms. The first-order valence-corrected chi connectivity index (χ1v) is 5.76. The van der Waals surface area contributed by atoms with Gasteiger partial charge in [0, 0.05) is 0 Å². The molecule has 4 nitrogen and oxygen atoms in total. The van der Waals surface area contributed by atoms with Gasteiger partial charge in [-0.2, -0.15) is 0 Å². The van der Waals surface area contributed by atoms with Gasteiger partial charge in [-0.05, 0) is 41.9 Å². The third-order valence-electron chi connectivity index (χ3n) is 2.27. The van der Waals surface area contributed by atoms with Crippen LogP contribution >= 0.6 is 15.9 Å². The lowest BCUT2D eigenvalue weighted by molar-refractivity contribution is -0.133. The number of halogens is 1. The Morgan fingerprint density at radius 2 is 2.31 bits per heavy atom. The lowest BCUT2D eigenvalue weighted by Gasteiger charge is -2.16. The molecule has 0 saturated carbocycles. The Labute approximate surface area is 102 Å². The van der Waals surface area contributed by atoms with Crippen LogP contribution in [0.1, 0.15) is 24.3 Å². The van der Waals surface area contributed by atoms with Crippen LogP contribution in [0, 0.1) is 0 Å². The van der Waals surface area contributed by atoms with E-state index >= 15 is 0 Å². The normalized spacial score (nSPS) is 23.3. The van der Waals surface area contributed by atoms with Gasteiger partial charge in [-0.3, -0.25) is 4.79 Å². The standard InChI is InChI=1S/C11H12BrNO3/c1-11(2)15-6-8(16-11)10(14)7-4-3-5-9(12)13-7/h3-5,8H,6H2,1-2H3. The third-order valence-corrected chi connectivity index (χ3v) is 2.71. The quantitative estimate of drug-likeness (QED) is 0.617. The number of hydrogen-bond acceptors (Lipinski definition) is 4. The van der Waals surface area contributed by atoms with Crippen LogP contribution in [0.5, 0.6) is 0 Å². The molecule has 0 aliphatic carbocycles. The molecule has 1 unspecified atom stereocenters. The summed E-state index contributed by atoms with van der Waals surface area (Å²) >= 11 is 3.23. The first kappa shape index (κ1) is 11.7. The van der Waals surface area contributed by atoms with E-state index in [0.717, 1.165) is 0 Å². The van der Waals surface area contributed by atoms with Crippen LogP contribution in [-0.2, 0) is 9.47 Å². The molecule has 0 radical (unpaired) electrons. The average Bonchev–Trinajstić information content (AvgIpc) is 2.58. The summed E-state index contributed by atoms with van der Waals surface area (Å²) in [5, 5.41) is 0. The fraction of sp³-hybridized carbons (Fsp3) is 0.455. The smallest absolute Gasteiger partial charge is 0.212 e. The fourth-order valence-electron chi connectivity index (χ4n) is 1.53. The molecule has 2 heterocycles. The summed E-state index contributed by atoms with van der Waals surface area (Å²) in [7, 11) is 0. The summed E-state index contributed by atoms with van der Waals surface area (Å²) in [6.07, 6.45) is -0.559. The highest BCUT2D eigenvalue weighted by atomic mass is 79.9. The van der Waals surface area contributed by atoms with Gasteiger partial charge in [-0.15, -0.1) is 0 Å². The largest absolute Gasteiger partial charge is 0.347 e. The Balaban J connectivity index is 2.15. The second-order valence-electron chi connectivity index (χ2n) is 4.03. The van der Waals surface area contributed by atoms with E-state index in [1.165, 1.54) is 0 Å². The maximum atomic E-state index is 12.0. The van der Waals surface area contributed by atoms with Crippen molar-refractivity contribution in [3.8, 4) is 0 Å². The predicted octanol–water partition coefficient (Wildman–Crippen LogP) is 2.18. The van der Waals surface area contributed by atoms with E-state index in [2.05, 4.69) is 20.9 Å².